The molecular formula is C15H18N6. The van der Waals surface area contributed by atoms with E-state index in [9.17, 15) is 0 Å². The topological polar surface area (TPSA) is 61.4 Å². The van der Waals surface area contributed by atoms with Crippen molar-refractivity contribution in [2.75, 3.05) is 0 Å². The highest BCUT2D eigenvalue weighted by Gasteiger charge is 2.16. The molecule has 0 aromatic carbocycles. The summed E-state index contributed by atoms with van der Waals surface area (Å²) in [6.07, 6.45) is 3.59. The number of pyridine rings is 1. The van der Waals surface area contributed by atoms with Crippen molar-refractivity contribution in [2.24, 2.45) is 0 Å². The first-order chi connectivity index (χ1) is 10.1. The van der Waals surface area contributed by atoms with Crippen LogP contribution >= 0.6 is 0 Å². The lowest BCUT2D eigenvalue weighted by Crippen LogP contribution is -2.03. The minimum absolute atomic E-state index is 0.727. The van der Waals surface area contributed by atoms with Crippen LogP contribution in [-0.4, -0.2) is 29.5 Å². The fraction of sp³-hybridized carbons (Fsp3) is 0.333. The molecule has 0 atom stereocenters. The first-order valence-electron chi connectivity index (χ1n) is 6.99. The predicted molar refractivity (Wildman–Crippen MR) is 80.3 cm³/mol. The predicted octanol–water partition coefficient (Wildman–Crippen LogP) is 2.47. The Kier molecular flexibility index (Phi) is 3.29. The van der Waals surface area contributed by atoms with E-state index in [-0.39, 0.29) is 0 Å². The molecule has 0 saturated heterocycles. The highest BCUT2D eigenvalue weighted by atomic mass is 15.4. The van der Waals surface area contributed by atoms with Crippen LogP contribution in [0.1, 0.15) is 24.0 Å². The molecule has 0 spiro atoms. The van der Waals surface area contributed by atoms with E-state index >= 15 is 0 Å². The van der Waals surface area contributed by atoms with E-state index in [2.05, 4.69) is 27.1 Å². The number of rotatable bonds is 3. The third kappa shape index (κ3) is 2.33. The quantitative estimate of drug-likeness (QED) is 0.740. The normalized spacial score (nSPS) is 11.0. The first-order valence-corrected chi connectivity index (χ1v) is 6.99. The van der Waals surface area contributed by atoms with Gasteiger partial charge in [-0.25, -0.2) is 9.67 Å². The van der Waals surface area contributed by atoms with Gasteiger partial charge in [0.05, 0.1) is 5.69 Å². The average molecular weight is 282 g/mol. The summed E-state index contributed by atoms with van der Waals surface area (Å²) >= 11 is 0. The summed E-state index contributed by atoms with van der Waals surface area (Å²) in [6, 6.07) is 3.98. The molecule has 0 aliphatic carbocycles. The molecule has 3 aromatic heterocycles. The molecule has 0 unspecified atom stereocenters. The maximum Gasteiger partial charge on any atom is 0.183 e. The van der Waals surface area contributed by atoms with Crippen LogP contribution in [0.2, 0.25) is 0 Å². The molecule has 0 radical (unpaired) electrons. The van der Waals surface area contributed by atoms with Crippen molar-refractivity contribution >= 4 is 0 Å². The Balaban J connectivity index is 2.18. The third-order valence-corrected chi connectivity index (χ3v) is 3.44. The van der Waals surface area contributed by atoms with Gasteiger partial charge in [-0.05, 0) is 45.4 Å². The highest BCUT2D eigenvalue weighted by Crippen LogP contribution is 2.22. The molecule has 6 heteroatoms. The average Bonchev–Trinajstić information content (AvgIpc) is 3.02. The second-order valence-corrected chi connectivity index (χ2v) is 5.04. The molecule has 3 rings (SSSR count). The zero-order chi connectivity index (χ0) is 15.0. The summed E-state index contributed by atoms with van der Waals surface area (Å²) in [7, 11) is 0. The summed E-state index contributed by atoms with van der Waals surface area (Å²) in [4.78, 5) is 8.67. The molecular weight excluding hydrogens is 264 g/mol. The minimum Gasteiger partial charge on any atom is -0.269 e. The molecule has 0 saturated carbocycles. The van der Waals surface area contributed by atoms with Gasteiger partial charge < -0.3 is 0 Å². The molecule has 0 aliphatic heterocycles. The molecule has 108 valence electrons. The SMILES string of the molecule is CCn1nc(-c2nc(C)nn2-c2ccncc2C)cc1C. The molecule has 0 bridgehead atoms. The fourth-order valence-electron chi connectivity index (χ4n) is 2.39. The van der Waals surface area contributed by atoms with E-state index in [1.165, 1.54) is 0 Å². The van der Waals surface area contributed by atoms with E-state index in [0.717, 1.165) is 40.8 Å². The molecule has 0 fully saturated rings. The Morgan fingerprint density at radius 2 is 1.95 bits per heavy atom. The third-order valence-electron chi connectivity index (χ3n) is 3.44. The Labute approximate surface area is 123 Å². The molecule has 6 nitrogen and oxygen atoms in total. The molecule has 3 aromatic rings. The molecule has 21 heavy (non-hydrogen) atoms. The maximum atomic E-state index is 4.61. The van der Waals surface area contributed by atoms with Crippen LogP contribution in [0.3, 0.4) is 0 Å². The van der Waals surface area contributed by atoms with E-state index < -0.39 is 0 Å². The summed E-state index contributed by atoms with van der Waals surface area (Å²) in [5.41, 5.74) is 3.98. The highest BCUT2D eigenvalue weighted by molar-refractivity contribution is 5.54. The molecule has 0 N–H and O–H groups in total. The van der Waals surface area contributed by atoms with Crippen LogP contribution in [0.4, 0.5) is 0 Å². The van der Waals surface area contributed by atoms with Gasteiger partial charge in [0.25, 0.3) is 0 Å². The van der Waals surface area contributed by atoms with Crippen LogP contribution in [0.25, 0.3) is 17.2 Å². The number of aryl methyl sites for hydroxylation is 4. The van der Waals surface area contributed by atoms with Gasteiger partial charge >= 0.3 is 0 Å². The minimum atomic E-state index is 0.727. The fourth-order valence-corrected chi connectivity index (χ4v) is 2.39. The summed E-state index contributed by atoms with van der Waals surface area (Å²) in [6.45, 7) is 8.87. The standard InChI is InChI=1S/C15H18N6/c1-5-20-11(3)8-13(19-20)15-17-12(4)18-21(15)14-6-7-16-9-10(14)2/h6-9H,5H2,1-4H3. The number of aromatic nitrogens is 6. The van der Waals surface area contributed by atoms with Crippen molar-refractivity contribution in [1.82, 2.24) is 29.5 Å². The smallest absolute Gasteiger partial charge is 0.183 e. The molecule has 0 aliphatic rings. The Morgan fingerprint density at radius 1 is 1.14 bits per heavy atom. The maximum absolute atomic E-state index is 4.61. The second kappa shape index (κ2) is 5.12. The Hall–Kier alpha value is -2.50. The van der Waals surface area contributed by atoms with E-state index in [1.54, 1.807) is 6.20 Å². The van der Waals surface area contributed by atoms with Gasteiger partial charge in [-0.3, -0.25) is 9.67 Å². The largest absolute Gasteiger partial charge is 0.269 e. The molecule has 3 heterocycles. The van der Waals surface area contributed by atoms with Gasteiger partial charge in [-0.2, -0.15) is 10.2 Å². The van der Waals surface area contributed by atoms with Gasteiger partial charge in [0.2, 0.25) is 0 Å². The van der Waals surface area contributed by atoms with E-state index in [4.69, 9.17) is 0 Å². The Bertz CT molecular complexity index is 783. The van der Waals surface area contributed by atoms with E-state index in [0.29, 0.717) is 0 Å². The zero-order valence-electron chi connectivity index (χ0n) is 12.7. The van der Waals surface area contributed by atoms with Crippen molar-refractivity contribution in [2.45, 2.75) is 34.2 Å². The van der Waals surface area contributed by atoms with Crippen LogP contribution in [0.15, 0.2) is 24.5 Å². The Morgan fingerprint density at radius 3 is 2.62 bits per heavy atom. The summed E-state index contributed by atoms with van der Waals surface area (Å²) in [5, 5.41) is 9.12. The van der Waals surface area contributed by atoms with Crippen molar-refractivity contribution in [3.8, 4) is 17.2 Å². The van der Waals surface area contributed by atoms with Gasteiger partial charge in [-0.15, -0.1) is 0 Å². The lowest BCUT2D eigenvalue weighted by Gasteiger charge is -2.06. The summed E-state index contributed by atoms with van der Waals surface area (Å²) < 4.78 is 3.80. The van der Waals surface area contributed by atoms with Crippen molar-refractivity contribution in [3.63, 3.8) is 0 Å². The summed E-state index contributed by atoms with van der Waals surface area (Å²) in [5.74, 6) is 1.49. The monoisotopic (exact) mass is 282 g/mol. The number of hydrogen-bond acceptors (Lipinski definition) is 4. The number of nitrogens with zero attached hydrogens (tertiary/aromatic N) is 6. The lowest BCUT2D eigenvalue weighted by molar-refractivity contribution is 0.640. The number of hydrogen-bond donors (Lipinski definition) is 0. The van der Waals surface area contributed by atoms with Crippen LogP contribution in [-0.2, 0) is 6.54 Å². The van der Waals surface area contributed by atoms with Gasteiger partial charge in [0.1, 0.15) is 11.5 Å². The van der Waals surface area contributed by atoms with Crippen LogP contribution in [0.5, 0.6) is 0 Å². The van der Waals surface area contributed by atoms with Gasteiger partial charge in [0, 0.05) is 24.6 Å². The van der Waals surface area contributed by atoms with Crippen molar-refractivity contribution in [3.05, 3.63) is 41.6 Å². The zero-order valence-corrected chi connectivity index (χ0v) is 12.7. The van der Waals surface area contributed by atoms with Gasteiger partial charge in [-0.1, -0.05) is 0 Å². The van der Waals surface area contributed by atoms with Crippen LogP contribution < -0.4 is 0 Å². The second-order valence-electron chi connectivity index (χ2n) is 5.04. The van der Waals surface area contributed by atoms with Gasteiger partial charge in [0.15, 0.2) is 5.82 Å². The first kappa shape index (κ1) is 13.5. The molecule has 0 amide bonds. The van der Waals surface area contributed by atoms with Crippen LogP contribution in [0, 0.1) is 20.8 Å². The van der Waals surface area contributed by atoms with E-state index in [1.807, 2.05) is 48.5 Å². The lowest BCUT2D eigenvalue weighted by atomic mass is 10.2. The van der Waals surface area contributed by atoms with Crippen molar-refractivity contribution in [1.29, 1.82) is 0 Å². The van der Waals surface area contributed by atoms with Crippen molar-refractivity contribution < 1.29 is 0 Å².